The van der Waals surface area contributed by atoms with Gasteiger partial charge < -0.3 is 45.2 Å². The predicted molar refractivity (Wildman–Crippen MR) is 129 cm³/mol. The van der Waals surface area contributed by atoms with Gasteiger partial charge in [0.2, 0.25) is 0 Å². The van der Waals surface area contributed by atoms with Gasteiger partial charge in [-0.15, -0.1) is 0 Å². The number of benzene rings is 2. The molecule has 0 amide bonds. The van der Waals surface area contributed by atoms with Gasteiger partial charge in [0, 0.05) is 18.9 Å². The predicted octanol–water partition coefficient (Wildman–Crippen LogP) is 1.51. The first kappa shape index (κ1) is 28.3. The second-order valence-electron chi connectivity index (χ2n) is 9.17. The Labute approximate surface area is 216 Å². The number of aliphatic hydroxyl groups is 2. The number of aliphatic carboxylic acids is 1. The first-order valence-corrected chi connectivity index (χ1v) is 11.5. The smallest absolute Gasteiger partial charge is 0.335 e. The molecule has 1 aliphatic carbocycles. The monoisotopic (exact) mass is 532 g/mol. The van der Waals surface area contributed by atoms with Crippen molar-refractivity contribution < 1.29 is 59.6 Å². The lowest BCUT2D eigenvalue weighted by Crippen LogP contribution is -2.58. The van der Waals surface area contributed by atoms with Crippen LogP contribution in [0.25, 0.3) is 6.08 Å². The fourth-order valence-electron chi connectivity index (χ4n) is 4.06. The second kappa shape index (κ2) is 11.4. The summed E-state index contributed by atoms with van der Waals surface area (Å²) in [4.78, 5) is 36.6. The van der Waals surface area contributed by atoms with E-state index in [9.17, 15) is 50.1 Å². The summed E-state index contributed by atoms with van der Waals surface area (Å²) >= 11 is 0. The highest BCUT2D eigenvalue weighted by atomic mass is 16.6. The van der Waals surface area contributed by atoms with Gasteiger partial charge in [0.05, 0.1) is 6.42 Å². The van der Waals surface area contributed by atoms with Gasteiger partial charge >= 0.3 is 17.9 Å². The van der Waals surface area contributed by atoms with Gasteiger partial charge in [-0.1, -0.05) is 19.1 Å². The van der Waals surface area contributed by atoms with E-state index in [0.717, 1.165) is 6.08 Å². The maximum absolute atomic E-state index is 12.6. The molecule has 0 radical (unpaired) electrons. The molecule has 2 aromatic carbocycles. The fraction of sp³-hybridized carbons (Fsp3) is 0.346. The fourth-order valence-corrected chi connectivity index (χ4v) is 4.06. The van der Waals surface area contributed by atoms with Crippen molar-refractivity contribution >= 4 is 24.0 Å². The topological polar surface area (TPSA) is 211 Å². The summed E-state index contributed by atoms with van der Waals surface area (Å²) in [5, 5.41) is 68.8. The third kappa shape index (κ3) is 6.72. The van der Waals surface area contributed by atoms with Crippen molar-refractivity contribution in [3.05, 3.63) is 53.6 Å². The van der Waals surface area contributed by atoms with Crippen molar-refractivity contribution in [1.82, 2.24) is 0 Å². The molecule has 0 bridgehead atoms. The summed E-state index contributed by atoms with van der Waals surface area (Å²) in [6.07, 6.45) is -4.11. The summed E-state index contributed by atoms with van der Waals surface area (Å²) in [5.74, 6) is -5.50. The van der Waals surface area contributed by atoms with Crippen LogP contribution < -0.4 is 0 Å². The zero-order valence-corrected chi connectivity index (χ0v) is 20.2. The van der Waals surface area contributed by atoms with Crippen LogP contribution in [0.15, 0.2) is 42.5 Å². The van der Waals surface area contributed by atoms with Crippen LogP contribution >= 0.6 is 0 Å². The maximum atomic E-state index is 12.6. The number of aliphatic hydroxyl groups excluding tert-OH is 1. The van der Waals surface area contributed by atoms with Crippen LogP contribution in [-0.4, -0.2) is 77.6 Å². The van der Waals surface area contributed by atoms with Crippen LogP contribution in [0.5, 0.6) is 23.0 Å². The highest BCUT2D eigenvalue weighted by molar-refractivity contribution is 5.87. The van der Waals surface area contributed by atoms with Crippen LogP contribution in [0.4, 0.5) is 0 Å². The molecule has 0 aromatic heterocycles. The van der Waals surface area contributed by atoms with Crippen LogP contribution in [0.3, 0.4) is 0 Å². The van der Waals surface area contributed by atoms with Gasteiger partial charge in [-0.05, 0) is 47.4 Å². The Morgan fingerprint density at radius 2 is 1.53 bits per heavy atom. The third-order valence-electron chi connectivity index (χ3n) is 6.24. The van der Waals surface area contributed by atoms with Crippen molar-refractivity contribution in [2.24, 2.45) is 0 Å². The molecule has 7 N–H and O–H groups in total. The molecule has 38 heavy (non-hydrogen) atoms. The third-order valence-corrected chi connectivity index (χ3v) is 6.24. The van der Waals surface area contributed by atoms with E-state index in [-0.39, 0.29) is 23.7 Å². The summed E-state index contributed by atoms with van der Waals surface area (Å²) in [5.41, 5.74) is -1.63. The van der Waals surface area contributed by atoms with E-state index in [2.05, 4.69) is 0 Å². The van der Waals surface area contributed by atoms with E-state index in [0.29, 0.717) is 11.1 Å². The number of phenols is 4. The lowest BCUT2D eigenvalue weighted by molar-refractivity contribution is -0.205. The van der Waals surface area contributed by atoms with E-state index in [1.54, 1.807) is 6.92 Å². The summed E-state index contributed by atoms with van der Waals surface area (Å²) < 4.78 is 10.4. The standard InChI is InChI=1S/C26H28O12/c1-13(15-4-6-17(28)19(30)10-15)8-23(32)38-21-12-26(36,25(34)35)11-20(24(21)33)37-22(31)7-3-14-2-5-16(27)18(29)9-14/h2-7,9-10,13,20-21,24,27-30,33,36H,8,11-12H2,1H3,(H,34,35)/b7-3+. The Morgan fingerprint density at radius 1 is 0.947 bits per heavy atom. The molecule has 1 saturated carbocycles. The minimum atomic E-state index is -2.46. The molecule has 12 nitrogen and oxygen atoms in total. The largest absolute Gasteiger partial charge is 0.504 e. The number of rotatable bonds is 8. The Morgan fingerprint density at radius 3 is 2.11 bits per heavy atom. The van der Waals surface area contributed by atoms with Gasteiger partial charge in [0.25, 0.3) is 0 Å². The second-order valence-corrected chi connectivity index (χ2v) is 9.17. The lowest BCUT2D eigenvalue weighted by atomic mass is 9.79. The Hall–Kier alpha value is -4.29. The molecule has 5 atom stereocenters. The number of esters is 2. The van der Waals surface area contributed by atoms with Gasteiger partial charge in [0.15, 0.2) is 28.6 Å². The molecule has 3 rings (SSSR count). The molecule has 2 aromatic rings. The number of aromatic hydroxyl groups is 4. The molecular weight excluding hydrogens is 504 g/mol. The van der Waals surface area contributed by atoms with Gasteiger partial charge in [-0.2, -0.15) is 0 Å². The highest BCUT2D eigenvalue weighted by Crippen LogP contribution is 2.35. The van der Waals surface area contributed by atoms with Crippen LogP contribution in [0, 0.1) is 0 Å². The van der Waals surface area contributed by atoms with Gasteiger partial charge in [-0.25, -0.2) is 9.59 Å². The SMILES string of the molecule is CC(CC(=O)OC1CC(O)(C(=O)O)CC(OC(=O)/C=C/c2ccc(O)c(O)c2)C1O)c1ccc(O)c(O)c1. The minimum absolute atomic E-state index is 0.244. The molecule has 0 aliphatic heterocycles. The number of carboxylic acids is 1. The van der Waals surface area contributed by atoms with Crippen molar-refractivity contribution in [2.45, 2.75) is 56.0 Å². The van der Waals surface area contributed by atoms with E-state index in [4.69, 9.17) is 9.47 Å². The van der Waals surface area contributed by atoms with Gasteiger partial charge in [-0.3, -0.25) is 4.79 Å². The number of carbonyl (C=O) groups excluding carboxylic acids is 2. The molecule has 1 aliphatic rings. The summed E-state index contributed by atoms with van der Waals surface area (Å²) in [6.45, 7) is 1.64. The first-order valence-electron chi connectivity index (χ1n) is 11.5. The van der Waals surface area contributed by atoms with E-state index in [1.807, 2.05) is 0 Å². The molecule has 0 heterocycles. The maximum Gasteiger partial charge on any atom is 0.335 e. The number of carbonyl (C=O) groups is 3. The van der Waals surface area contributed by atoms with Crippen molar-refractivity contribution in [3.8, 4) is 23.0 Å². The average Bonchev–Trinajstić information content (AvgIpc) is 2.84. The Bertz CT molecular complexity index is 1240. The van der Waals surface area contributed by atoms with Crippen LogP contribution in [0.2, 0.25) is 0 Å². The van der Waals surface area contributed by atoms with E-state index >= 15 is 0 Å². The zero-order chi connectivity index (χ0) is 28.2. The van der Waals surface area contributed by atoms with Crippen molar-refractivity contribution in [1.29, 1.82) is 0 Å². The number of ether oxygens (including phenoxy) is 2. The molecule has 5 unspecified atom stereocenters. The number of hydrogen-bond acceptors (Lipinski definition) is 11. The summed E-state index contributed by atoms with van der Waals surface area (Å²) in [7, 11) is 0. The number of phenolic OH excluding ortho intramolecular Hbond substituents is 4. The Kier molecular flexibility index (Phi) is 8.49. The molecule has 1 fully saturated rings. The molecule has 0 saturated heterocycles. The number of hydrogen-bond donors (Lipinski definition) is 7. The van der Waals surface area contributed by atoms with Crippen molar-refractivity contribution in [2.75, 3.05) is 0 Å². The van der Waals surface area contributed by atoms with E-state index < -0.39 is 66.3 Å². The lowest BCUT2D eigenvalue weighted by Gasteiger charge is -2.40. The quantitative estimate of drug-likeness (QED) is 0.146. The first-order chi connectivity index (χ1) is 17.8. The highest BCUT2D eigenvalue weighted by Gasteiger charge is 2.52. The molecule has 0 spiro atoms. The average molecular weight is 532 g/mol. The minimum Gasteiger partial charge on any atom is -0.504 e. The normalized spacial score (nSPS) is 24.0. The zero-order valence-electron chi connectivity index (χ0n) is 20.2. The Balaban J connectivity index is 1.69. The van der Waals surface area contributed by atoms with Gasteiger partial charge in [0.1, 0.15) is 18.3 Å². The molecular formula is C26H28O12. The van der Waals surface area contributed by atoms with Crippen molar-refractivity contribution in [3.63, 3.8) is 0 Å². The number of carboxylic acid groups (broad SMARTS) is 1. The van der Waals surface area contributed by atoms with Crippen LogP contribution in [0.1, 0.15) is 43.2 Å². The summed E-state index contributed by atoms with van der Waals surface area (Å²) in [6, 6.07) is 7.79. The molecule has 12 heteroatoms. The van der Waals surface area contributed by atoms with E-state index in [1.165, 1.54) is 42.5 Å². The van der Waals surface area contributed by atoms with Crippen LogP contribution in [-0.2, 0) is 23.9 Å². The molecule has 204 valence electrons.